The van der Waals surface area contributed by atoms with Gasteiger partial charge in [0.15, 0.2) is 0 Å². The third-order valence-corrected chi connectivity index (χ3v) is 2.36. The molecule has 1 rings (SSSR count). The Kier molecular flexibility index (Phi) is 3.42. The van der Waals surface area contributed by atoms with E-state index in [2.05, 4.69) is 26.0 Å². The molecule has 12 heavy (non-hydrogen) atoms. The molecule has 0 amide bonds. The molecule has 0 fully saturated rings. The van der Waals surface area contributed by atoms with Crippen molar-refractivity contribution in [3.05, 3.63) is 35.4 Å². The van der Waals surface area contributed by atoms with Gasteiger partial charge in [0, 0.05) is 0 Å². The van der Waals surface area contributed by atoms with Crippen LogP contribution in [0.15, 0.2) is 24.3 Å². The van der Waals surface area contributed by atoms with E-state index in [0.717, 1.165) is 5.56 Å². The van der Waals surface area contributed by atoms with Crippen molar-refractivity contribution in [2.24, 2.45) is 0 Å². The lowest BCUT2D eigenvalue weighted by molar-refractivity contribution is 0.866. The van der Waals surface area contributed by atoms with Crippen LogP contribution in [0.2, 0.25) is 0 Å². The van der Waals surface area contributed by atoms with Gasteiger partial charge in [-0.25, -0.2) is 0 Å². The average Bonchev–Trinajstić information content (AvgIpc) is 2.04. The van der Waals surface area contributed by atoms with Crippen LogP contribution in [-0.2, 0) is 0 Å². The van der Waals surface area contributed by atoms with E-state index in [0.29, 0.717) is 5.92 Å². The van der Waals surface area contributed by atoms with Crippen molar-refractivity contribution < 1.29 is 0 Å². The minimum absolute atomic E-state index is 0.411. The fraction of sp³-hybridized carbons (Fsp3) is 0.400. The molecule has 0 spiro atoms. The van der Waals surface area contributed by atoms with Gasteiger partial charge in [-0.3, -0.25) is 0 Å². The first-order valence-corrected chi connectivity index (χ1v) is 4.86. The SMILES string of the molecule is CC(C)c1ccc(C(Cl)Cl)cc1. The number of halogens is 2. The van der Waals surface area contributed by atoms with E-state index >= 15 is 0 Å². The first kappa shape index (κ1) is 9.88. The normalized spacial score (nSPS) is 11.2. The molecular weight excluding hydrogens is 191 g/mol. The predicted octanol–water partition coefficient (Wildman–Crippen LogP) is 4.29. The molecule has 0 radical (unpaired) electrons. The molecule has 0 atom stereocenters. The Morgan fingerprint density at radius 3 is 1.67 bits per heavy atom. The Hall–Kier alpha value is -0.200. The highest BCUT2D eigenvalue weighted by Gasteiger charge is 2.03. The van der Waals surface area contributed by atoms with E-state index in [-0.39, 0.29) is 0 Å². The summed E-state index contributed by atoms with van der Waals surface area (Å²) in [5.74, 6) is 0.558. The van der Waals surface area contributed by atoms with Crippen LogP contribution >= 0.6 is 23.2 Å². The van der Waals surface area contributed by atoms with Crippen LogP contribution in [0.25, 0.3) is 0 Å². The summed E-state index contributed by atoms with van der Waals surface area (Å²) >= 11 is 11.4. The van der Waals surface area contributed by atoms with Crippen LogP contribution in [0.5, 0.6) is 0 Å². The summed E-state index contributed by atoms with van der Waals surface area (Å²) in [6, 6.07) is 8.08. The van der Waals surface area contributed by atoms with Crippen molar-refractivity contribution >= 4 is 23.2 Å². The van der Waals surface area contributed by atoms with Crippen LogP contribution in [0.4, 0.5) is 0 Å². The minimum Gasteiger partial charge on any atom is -0.100 e. The molecule has 0 heterocycles. The van der Waals surface area contributed by atoms with E-state index in [4.69, 9.17) is 23.2 Å². The number of alkyl halides is 2. The summed E-state index contributed by atoms with van der Waals surface area (Å²) in [7, 11) is 0. The fourth-order valence-electron chi connectivity index (χ4n) is 1.03. The number of benzene rings is 1. The lowest BCUT2D eigenvalue weighted by Gasteiger charge is -2.06. The zero-order valence-electron chi connectivity index (χ0n) is 7.22. The summed E-state index contributed by atoms with van der Waals surface area (Å²) in [5.41, 5.74) is 2.27. The molecule has 2 heteroatoms. The van der Waals surface area contributed by atoms with Crippen molar-refractivity contribution in [3.8, 4) is 0 Å². The van der Waals surface area contributed by atoms with Gasteiger partial charge in [0.1, 0.15) is 4.84 Å². The van der Waals surface area contributed by atoms with Crippen LogP contribution in [0.1, 0.15) is 35.7 Å². The largest absolute Gasteiger partial charge is 0.132 e. The molecule has 0 nitrogen and oxygen atoms in total. The van der Waals surface area contributed by atoms with Crippen molar-refractivity contribution in [2.75, 3.05) is 0 Å². The molecule has 0 saturated carbocycles. The van der Waals surface area contributed by atoms with E-state index in [1.807, 2.05) is 12.1 Å². The second-order valence-electron chi connectivity index (χ2n) is 3.12. The van der Waals surface area contributed by atoms with Gasteiger partial charge in [0.2, 0.25) is 0 Å². The maximum Gasteiger partial charge on any atom is 0.132 e. The van der Waals surface area contributed by atoms with Gasteiger partial charge in [-0.2, -0.15) is 0 Å². The molecule has 1 aromatic rings. The maximum atomic E-state index is 5.70. The summed E-state index contributed by atoms with van der Waals surface area (Å²) in [5, 5.41) is 0. The standard InChI is InChI=1S/C10H12Cl2/c1-7(2)8-3-5-9(6-4-8)10(11)12/h3-7,10H,1-2H3. The molecule has 0 bridgehead atoms. The minimum atomic E-state index is -0.411. The molecule has 0 aromatic heterocycles. The van der Waals surface area contributed by atoms with Gasteiger partial charge in [-0.15, -0.1) is 23.2 Å². The molecule has 0 saturated heterocycles. The van der Waals surface area contributed by atoms with E-state index in [1.165, 1.54) is 5.56 Å². The predicted molar refractivity (Wildman–Crippen MR) is 55.0 cm³/mol. The summed E-state index contributed by atoms with van der Waals surface area (Å²) in [6.45, 7) is 4.32. The van der Waals surface area contributed by atoms with Gasteiger partial charge >= 0.3 is 0 Å². The Bertz CT molecular complexity index is 210. The Morgan fingerprint density at radius 2 is 1.33 bits per heavy atom. The van der Waals surface area contributed by atoms with Crippen molar-refractivity contribution in [1.82, 2.24) is 0 Å². The summed E-state index contributed by atoms with van der Waals surface area (Å²) < 4.78 is 0. The van der Waals surface area contributed by atoms with Gasteiger partial charge in [0.25, 0.3) is 0 Å². The molecular formula is C10H12Cl2. The molecule has 66 valence electrons. The van der Waals surface area contributed by atoms with E-state index in [9.17, 15) is 0 Å². The molecule has 0 aliphatic rings. The molecule has 0 unspecified atom stereocenters. The highest BCUT2D eigenvalue weighted by molar-refractivity contribution is 6.44. The summed E-state index contributed by atoms with van der Waals surface area (Å²) in [6.07, 6.45) is 0. The zero-order chi connectivity index (χ0) is 9.14. The van der Waals surface area contributed by atoms with Crippen LogP contribution in [0.3, 0.4) is 0 Å². The van der Waals surface area contributed by atoms with Crippen LogP contribution in [0, 0.1) is 0 Å². The second-order valence-corrected chi connectivity index (χ2v) is 4.22. The quantitative estimate of drug-likeness (QED) is 0.629. The van der Waals surface area contributed by atoms with Gasteiger partial charge in [0.05, 0.1) is 0 Å². The molecule has 0 aliphatic heterocycles. The van der Waals surface area contributed by atoms with Gasteiger partial charge < -0.3 is 0 Å². The van der Waals surface area contributed by atoms with Crippen molar-refractivity contribution in [3.63, 3.8) is 0 Å². The third-order valence-electron chi connectivity index (χ3n) is 1.86. The number of rotatable bonds is 2. The molecule has 1 aromatic carbocycles. The monoisotopic (exact) mass is 202 g/mol. The first-order valence-electron chi connectivity index (χ1n) is 3.99. The Balaban J connectivity index is 2.86. The number of hydrogen-bond acceptors (Lipinski definition) is 0. The average molecular weight is 203 g/mol. The maximum absolute atomic E-state index is 5.70. The zero-order valence-corrected chi connectivity index (χ0v) is 8.73. The highest BCUT2D eigenvalue weighted by atomic mass is 35.5. The fourth-order valence-corrected chi connectivity index (χ4v) is 1.32. The Morgan fingerprint density at radius 1 is 0.917 bits per heavy atom. The van der Waals surface area contributed by atoms with Crippen molar-refractivity contribution in [2.45, 2.75) is 24.6 Å². The van der Waals surface area contributed by atoms with Crippen molar-refractivity contribution in [1.29, 1.82) is 0 Å². The third kappa shape index (κ3) is 2.40. The van der Waals surface area contributed by atoms with Crippen LogP contribution < -0.4 is 0 Å². The molecule has 0 aliphatic carbocycles. The van der Waals surface area contributed by atoms with E-state index in [1.54, 1.807) is 0 Å². The van der Waals surface area contributed by atoms with Gasteiger partial charge in [-0.1, -0.05) is 38.1 Å². The van der Waals surface area contributed by atoms with Gasteiger partial charge in [-0.05, 0) is 17.0 Å². The molecule has 0 N–H and O–H groups in total. The first-order chi connectivity index (χ1) is 5.61. The topological polar surface area (TPSA) is 0 Å². The number of hydrogen-bond donors (Lipinski definition) is 0. The Labute approximate surface area is 83.5 Å². The van der Waals surface area contributed by atoms with Crippen LogP contribution in [-0.4, -0.2) is 0 Å². The second kappa shape index (κ2) is 4.15. The van der Waals surface area contributed by atoms with E-state index < -0.39 is 4.84 Å². The lowest BCUT2D eigenvalue weighted by Crippen LogP contribution is -1.88. The highest BCUT2D eigenvalue weighted by Crippen LogP contribution is 2.25. The lowest BCUT2D eigenvalue weighted by atomic mass is 10.0. The summed E-state index contributed by atoms with van der Waals surface area (Å²) in [4.78, 5) is -0.411. The smallest absolute Gasteiger partial charge is 0.100 e.